The number of aliphatic hydroxyl groups is 1. The molecule has 0 radical (unpaired) electrons. The van der Waals surface area contributed by atoms with Crippen molar-refractivity contribution in [2.24, 2.45) is 11.3 Å². The van der Waals surface area contributed by atoms with Gasteiger partial charge >= 0.3 is 0 Å². The molecule has 1 N–H and O–H groups in total. The number of aromatic nitrogens is 3. The minimum atomic E-state index is -0.688. The summed E-state index contributed by atoms with van der Waals surface area (Å²) in [6.45, 7) is 6.70. The average Bonchev–Trinajstić information content (AvgIpc) is 3.16. The Kier molecular flexibility index (Phi) is 4.26. The molecular formula is C17H23N3O3. The van der Waals surface area contributed by atoms with Crippen LogP contribution in [0.1, 0.15) is 39.0 Å². The third-order valence-corrected chi connectivity index (χ3v) is 4.36. The van der Waals surface area contributed by atoms with Gasteiger partial charge < -0.3 is 14.6 Å². The van der Waals surface area contributed by atoms with Crippen LogP contribution in [0.2, 0.25) is 0 Å². The molecule has 1 aromatic carbocycles. The van der Waals surface area contributed by atoms with Crippen molar-refractivity contribution in [3.8, 4) is 11.5 Å². The summed E-state index contributed by atoms with van der Waals surface area (Å²) in [4.78, 5) is 3.93. The molecule has 1 aliphatic rings. The topological polar surface area (TPSA) is 69.4 Å². The van der Waals surface area contributed by atoms with Crippen LogP contribution in [0.5, 0.6) is 11.5 Å². The Labute approximate surface area is 136 Å². The lowest BCUT2D eigenvalue weighted by atomic mass is 9.76. The molecular weight excluding hydrogens is 294 g/mol. The van der Waals surface area contributed by atoms with E-state index in [1.807, 2.05) is 12.1 Å². The van der Waals surface area contributed by atoms with Crippen molar-refractivity contribution < 1.29 is 14.6 Å². The molecule has 0 aliphatic carbocycles. The van der Waals surface area contributed by atoms with Gasteiger partial charge in [-0.25, -0.2) is 9.67 Å². The van der Waals surface area contributed by atoms with Crippen LogP contribution in [0.3, 0.4) is 0 Å². The molecule has 1 aliphatic heterocycles. The summed E-state index contributed by atoms with van der Waals surface area (Å²) in [5.74, 6) is 1.64. The molecule has 0 spiro atoms. The summed E-state index contributed by atoms with van der Waals surface area (Å²) < 4.78 is 12.3. The van der Waals surface area contributed by atoms with Gasteiger partial charge in [0.25, 0.3) is 0 Å². The molecule has 2 unspecified atom stereocenters. The number of nitrogens with zero attached hydrogens (tertiary/aromatic N) is 3. The van der Waals surface area contributed by atoms with E-state index in [0.29, 0.717) is 0 Å². The fourth-order valence-electron chi connectivity index (χ4n) is 2.99. The molecule has 124 valence electrons. The summed E-state index contributed by atoms with van der Waals surface area (Å²) >= 11 is 0. The van der Waals surface area contributed by atoms with Crippen LogP contribution in [0.4, 0.5) is 0 Å². The zero-order valence-electron chi connectivity index (χ0n) is 13.8. The van der Waals surface area contributed by atoms with E-state index in [4.69, 9.17) is 9.47 Å². The van der Waals surface area contributed by atoms with Crippen LogP contribution in [0.15, 0.2) is 30.9 Å². The lowest BCUT2D eigenvalue weighted by molar-refractivity contribution is -0.0244. The van der Waals surface area contributed by atoms with E-state index in [1.165, 1.54) is 16.6 Å². The first kappa shape index (κ1) is 15.8. The van der Waals surface area contributed by atoms with E-state index < -0.39 is 6.23 Å². The number of benzene rings is 1. The third-order valence-electron chi connectivity index (χ3n) is 4.36. The van der Waals surface area contributed by atoms with Crippen molar-refractivity contribution in [2.75, 3.05) is 6.79 Å². The number of aryl methyl sites for hydroxylation is 1. The van der Waals surface area contributed by atoms with E-state index in [9.17, 15) is 5.11 Å². The minimum absolute atomic E-state index is 0.0506. The first-order valence-corrected chi connectivity index (χ1v) is 7.86. The highest BCUT2D eigenvalue weighted by atomic mass is 16.7. The summed E-state index contributed by atoms with van der Waals surface area (Å²) in [6.07, 6.45) is 4.01. The van der Waals surface area contributed by atoms with Crippen LogP contribution >= 0.6 is 0 Å². The largest absolute Gasteiger partial charge is 0.454 e. The Balaban J connectivity index is 1.72. The lowest BCUT2D eigenvalue weighted by Crippen LogP contribution is -2.31. The molecule has 0 saturated carbocycles. The average molecular weight is 317 g/mol. The highest BCUT2D eigenvalue weighted by Gasteiger charge is 2.32. The maximum absolute atomic E-state index is 10.7. The molecule has 2 atom stereocenters. The van der Waals surface area contributed by atoms with Gasteiger partial charge in [-0.05, 0) is 36.0 Å². The van der Waals surface area contributed by atoms with Crippen molar-refractivity contribution in [3.05, 3.63) is 36.4 Å². The molecule has 0 fully saturated rings. The van der Waals surface area contributed by atoms with E-state index >= 15 is 0 Å². The van der Waals surface area contributed by atoms with Crippen molar-refractivity contribution >= 4 is 0 Å². The van der Waals surface area contributed by atoms with Crippen LogP contribution in [-0.4, -0.2) is 26.7 Å². The maximum Gasteiger partial charge on any atom is 0.231 e. The summed E-state index contributed by atoms with van der Waals surface area (Å²) in [6, 6.07) is 6.01. The van der Waals surface area contributed by atoms with Gasteiger partial charge in [0.05, 0.1) is 0 Å². The van der Waals surface area contributed by atoms with Crippen LogP contribution < -0.4 is 9.47 Å². The molecule has 2 aromatic rings. The molecule has 6 nitrogen and oxygen atoms in total. The van der Waals surface area contributed by atoms with Gasteiger partial charge in [0.15, 0.2) is 17.7 Å². The predicted octanol–water partition coefficient (Wildman–Crippen LogP) is 2.79. The second-order valence-corrected chi connectivity index (χ2v) is 6.99. The second kappa shape index (κ2) is 6.20. The van der Waals surface area contributed by atoms with Crippen LogP contribution in [-0.2, 0) is 6.42 Å². The highest BCUT2D eigenvalue weighted by Crippen LogP contribution is 2.38. The number of ether oxygens (including phenoxy) is 2. The fraction of sp³-hybridized carbons (Fsp3) is 0.529. The molecule has 6 heteroatoms. The molecule has 1 aromatic heterocycles. The Morgan fingerprint density at radius 1 is 1.26 bits per heavy atom. The molecule has 23 heavy (non-hydrogen) atoms. The standard InChI is InChI=1S/C17H23N3O3/c1-17(2,3)13(16(21)20-10-18-9-19-20)6-4-12-5-7-14-15(8-12)23-11-22-14/h5,7-10,13,16,21H,4,6,11H2,1-3H3. The monoisotopic (exact) mass is 317 g/mol. The first-order chi connectivity index (χ1) is 10.9. The van der Waals surface area contributed by atoms with Crippen molar-refractivity contribution in [1.29, 1.82) is 0 Å². The Morgan fingerprint density at radius 3 is 2.74 bits per heavy atom. The second-order valence-electron chi connectivity index (χ2n) is 6.99. The van der Waals surface area contributed by atoms with E-state index in [0.717, 1.165) is 24.3 Å². The van der Waals surface area contributed by atoms with Crippen molar-refractivity contribution in [3.63, 3.8) is 0 Å². The van der Waals surface area contributed by atoms with E-state index in [-0.39, 0.29) is 18.1 Å². The van der Waals surface area contributed by atoms with Gasteiger partial charge in [0.1, 0.15) is 12.7 Å². The van der Waals surface area contributed by atoms with Gasteiger partial charge in [-0.3, -0.25) is 0 Å². The van der Waals surface area contributed by atoms with E-state index in [1.54, 1.807) is 6.33 Å². The molecule has 0 bridgehead atoms. The van der Waals surface area contributed by atoms with Gasteiger partial charge in [-0.1, -0.05) is 26.8 Å². The van der Waals surface area contributed by atoms with Crippen LogP contribution in [0, 0.1) is 11.3 Å². The zero-order chi connectivity index (χ0) is 16.4. The minimum Gasteiger partial charge on any atom is -0.454 e. The number of rotatable bonds is 5. The number of hydrogen-bond acceptors (Lipinski definition) is 5. The normalized spacial score (nSPS) is 16.3. The number of aliphatic hydroxyl groups excluding tert-OH is 1. The summed E-state index contributed by atoms with van der Waals surface area (Å²) in [5.41, 5.74) is 1.12. The third kappa shape index (κ3) is 3.47. The zero-order valence-corrected chi connectivity index (χ0v) is 13.8. The highest BCUT2D eigenvalue weighted by molar-refractivity contribution is 5.44. The SMILES string of the molecule is CC(C)(C)C(CCc1ccc2c(c1)OCO2)C(O)n1cncn1. The first-order valence-electron chi connectivity index (χ1n) is 7.86. The lowest BCUT2D eigenvalue weighted by Gasteiger charge is -2.34. The van der Waals surface area contributed by atoms with E-state index in [2.05, 4.69) is 36.9 Å². The quantitative estimate of drug-likeness (QED) is 0.918. The van der Waals surface area contributed by atoms with Gasteiger partial charge in [0.2, 0.25) is 6.79 Å². The molecule has 2 heterocycles. The van der Waals surface area contributed by atoms with Crippen LogP contribution in [0.25, 0.3) is 0 Å². The van der Waals surface area contributed by atoms with Crippen molar-refractivity contribution in [2.45, 2.75) is 39.8 Å². The van der Waals surface area contributed by atoms with Crippen molar-refractivity contribution in [1.82, 2.24) is 14.8 Å². The summed E-state index contributed by atoms with van der Waals surface area (Å²) in [7, 11) is 0. The smallest absolute Gasteiger partial charge is 0.231 e. The predicted molar refractivity (Wildman–Crippen MR) is 85.1 cm³/mol. The molecule has 0 saturated heterocycles. The Hall–Kier alpha value is -2.08. The number of hydrogen-bond donors (Lipinski definition) is 1. The Morgan fingerprint density at radius 2 is 2.04 bits per heavy atom. The molecule has 3 rings (SSSR count). The fourth-order valence-corrected chi connectivity index (χ4v) is 2.99. The Bertz CT molecular complexity index is 650. The van der Waals surface area contributed by atoms with Gasteiger partial charge in [0, 0.05) is 5.92 Å². The van der Waals surface area contributed by atoms with Gasteiger partial charge in [-0.15, -0.1) is 0 Å². The molecule has 0 amide bonds. The maximum atomic E-state index is 10.7. The number of fused-ring (bicyclic) bond motifs is 1. The van der Waals surface area contributed by atoms with Gasteiger partial charge in [-0.2, -0.15) is 5.10 Å². The summed E-state index contributed by atoms with van der Waals surface area (Å²) in [5, 5.41) is 14.7.